The maximum Gasteiger partial charge on any atom is 0.0786 e. The summed E-state index contributed by atoms with van der Waals surface area (Å²) in [6, 6.07) is 31.2. The van der Waals surface area contributed by atoms with Crippen LogP contribution in [0.5, 0.6) is 0 Å². The van der Waals surface area contributed by atoms with E-state index in [-0.39, 0.29) is 5.41 Å². The summed E-state index contributed by atoms with van der Waals surface area (Å²) in [5.41, 5.74) is 10.4. The van der Waals surface area contributed by atoms with Gasteiger partial charge in [0, 0.05) is 16.2 Å². The molecule has 2 heteroatoms. The summed E-state index contributed by atoms with van der Waals surface area (Å²) in [7, 11) is 0. The van der Waals surface area contributed by atoms with E-state index in [2.05, 4.69) is 108 Å². The molecule has 3 heterocycles. The van der Waals surface area contributed by atoms with Gasteiger partial charge in [-0.2, -0.15) is 0 Å². The van der Waals surface area contributed by atoms with E-state index < -0.39 is 0 Å². The minimum absolute atomic E-state index is 0.0514. The van der Waals surface area contributed by atoms with E-state index in [0.717, 1.165) is 0 Å². The van der Waals surface area contributed by atoms with Crippen molar-refractivity contribution in [3.8, 4) is 5.69 Å². The van der Waals surface area contributed by atoms with Crippen LogP contribution in [0.1, 0.15) is 25.0 Å². The molecule has 5 aromatic rings. The van der Waals surface area contributed by atoms with Gasteiger partial charge in [0.15, 0.2) is 0 Å². The highest BCUT2D eigenvalue weighted by molar-refractivity contribution is 6.18. The van der Waals surface area contributed by atoms with E-state index in [1.165, 1.54) is 55.7 Å². The molecule has 0 spiro atoms. The van der Waals surface area contributed by atoms with Gasteiger partial charge >= 0.3 is 0 Å². The largest absolute Gasteiger partial charge is 0.306 e. The third-order valence-corrected chi connectivity index (χ3v) is 6.89. The van der Waals surface area contributed by atoms with Crippen molar-refractivity contribution in [2.75, 3.05) is 4.90 Å². The predicted molar refractivity (Wildman–Crippen MR) is 121 cm³/mol. The van der Waals surface area contributed by atoms with Gasteiger partial charge in [0.2, 0.25) is 0 Å². The van der Waals surface area contributed by atoms with Gasteiger partial charge in [-0.25, -0.2) is 0 Å². The van der Waals surface area contributed by atoms with Crippen molar-refractivity contribution in [3.05, 3.63) is 96.1 Å². The molecule has 7 rings (SSSR count). The van der Waals surface area contributed by atoms with Crippen molar-refractivity contribution < 1.29 is 0 Å². The SMILES string of the molecule is CC1(C)c2ccccc2N2c3ccccc3-n3c4ccccc4c4ccc1c2c43. The fraction of sp³-hybridized carbons (Fsp3) is 0.111. The third kappa shape index (κ3) is 1.65. The summed E-state index contributed by atoms with van der Waals surface area (Å²) in [4.78, 5) is 2.49. The zero-order valence-corrected chi connectivity index (χ0v) is 16.5. The first-order chi connectivity index (χ1) is 14.2. The Balaban J connectivity index is 1.79. The number of nitrogens with zero attached hydrogens (tertiary/aromatic N) is 2. The molecule has 2 nitrogen and oxygen atoms in total. The summed E-state index contributed by atoms with van der Waals surface area (Å²) in [6.45, 7) is 4.71. The molecule has 0 amide bonds. The Bertz CT molecular complexity index is 1490. The van der Waals surface area contributed by atoms with Crippen LogP contribution in [0.4, 0.5) is 17.1 Å². The molecular formula is C27H20N2. The number of hydrogen-bond donors (Lipinski definition) is 0. The second-order valence-corrected chi connectivity index (χ2v) is 8.68. The average Bonchev–Trinajstić information content (AvgIpc) is 3.10. The van der Waals surface area contributed by atoms with Crippen molar-refractivity contribution in [2.45, 2.75) is 19.3 Å². The van der Waals surface area contributed by atoms with Crippen LogP contribution in [0, 0.1) is 0 Å². The lowest BCUT2D eigenvalue weighted by Gasteiger charge is -2.44. The Labute approximate surface area is 169 Å². The highest BCUT2D eigenvalue weighted by Gasteiger charge is 2.41. The molecular weight excluding hydrogens is 352 g/mol. The Hall–Kier alpha value is -3.52. The standard InChI is InChI=1S/C27H20N2/c1-27(2)19-10-4-6-12-22(19)29-24-14-8-7-13-23(24)28-21-11-5-3-9-17(21)18-15-16-20(27)26(29)25(18)28/h3-16H,1-2H3. The number of anilines is 3. The number of aromatic nitrogens is 1. The average molecular weight is 372 g/mol. The van der Waals surface area contributed by atoms with Crippen molar-refractivity contribution in [3.63, 3.8) is 0 Å². The van der Waals surface area contributed by atoms with E-state index >= 15 is 0 Å². The monoisotopic (exact) mass is 372 g/mol. The van der Waals surface area contributed by atoms with Crippen LogP contribution < -0.4 is 4.90 Å². The first-order valence-corrected chi connectivity index (χ1v) is 10.2. The molecule has 138 valence electrons. The van der Waals surface area contributed by atoms with Gasteiger partial charge < -0.3 is 9.47 Å². The smallest absolute Gasteiger partial charge is 0.0786 e. The molecule has 1 aromatic heterocycles. The third-order valence-electron chi connectivity index (χ3n) is 6.89. The van der Waals surface area contributed by atoms with Crippen molar-refractivity contribution >= 4 is 38.9 Å². The van der Waals surface area contributed by atoms with E-state index in [4.69, 9.17) is 0 Å². The van der Waals surface area contributed by atoms with Crippen molar-refractivity contribution in [1.29, 1.82) is 0 Å². The maximum atomic E-state index is 2.49. The Morgan fingerprint density at radius 2 is 1.28 bits per heavy atom. The lowest BCUT2D eigenvalue weighted by Crippen LogP contribution is -2.32. The first-order valence-electron chi connectivity index (χ1n) is 10.2. The van der Waals surface area contributed by atoms with E-state index in [9.17, 15) is 0 Å². The lowest BCUT2D eigenvalue weighted by molar-refractivity contribution is 0.632. The number of fused-ring (bicyclic) bond motifs is 8. The van der Waals surface area contributed by atoms with Crippen LogP contribution in [0.25, 0.3) is 27.5 Å². The highest BCUT2D eigenvalue weighted by atomic mass is 15.2. The van der Waals surface area contributed by atoms with Crippen LogP contribution in [0.15, 0.2) is 84.9 Å². The van der Waals surface area contributed by atoms with Gasteiger partial charge in [0.1, 0.15) is 0 Å². The fourth-order valence-corrected chi connectivity index (χ4v) is 5.58. The molecule has 4 aromatic carbocycles. The molecule has 0 saturated carbocycles. The maximum absolute atomic E-state index is 2.49. The van der Waals surface area contributed by atoms with Crippen molar-refractivity contribution in [2.24, 2.45) is 0 Å². The van der Waals surface area contributed by atoms with Gasteiger partial charge in [-0.3, -0.25) is 0 Å². The van der Waals surface area contributed by atoms with Crippen LogP contribution in [0.2, 0.25) is 0 Å². The molecule has 0 unspecified atom stereocenters. The van der Waals surface area contributed by atoms with E-state index in [1.54, 1.807) is 0 Å². The van der Waals surface area contributed by atoms with Crippen LogP contribution in [-0.2, 0) is 5.41 Å². The Morgan fingerprint density at radius 3 is 2.14 bits per heavy atom. The molecule has 2 aliphatic rings. The minimum atomic E-state index is -0.0514. The molecule has 0 atom stereocenters. The lowest BCUT2D eigenvalue weighted by atomic mass is 9.73. The van der Waals surface area contributed by atoms with Gasteiger partial charge in [0.25, 0.3) is 0 Å². The number of para-hydroxylation sites is 4. The van der Waals surface area contributed by atoms with Crippen LogP contribution >= 0.6 is 0 Å². The highest BCUT2D eigenvalue weighted by Crippen LogP contribution is 2.58. The summed E-state index contributed by atoms with van der Waals surface area (Å²) in [5, 5.41) is 2.65. The molecule has 0 aliphatic carbocycles. The molecule has 0 fully saturated rings. The summed E-state index contributed by atoms with van der Waals surface area (Å²) < 4.78 is 2.47. The molecule has 29 heavy (non-hydrogen) atoms. The topological polar surface area (TPSA) is 8.17 Å². The number of rotatable bonds is 0. The minimum Gasteiger partial charge on any atom is -0.306 e. The second kappa shape index (κ2) is 4.90. The normalized spacial score (nSPS) is 15.4. The Morgan fingerprint density at radius 1 is 0.586 bits per heavy atom. The molecule has 0 radical (unpaired) electrons. The van der Waals surface area contributed by atoms with Gasteiger partial charge in [-0.05, 0) is 35.4 Å². The van der Waals surface area contributed by atoms with Gasteiger partial charge in [-0.15, -0.1) is 0 Å². The number of benzene rings is 4. The number of hydrogen-bond acceptors (Lipinski definition) is 1. The summed E-state index contributed by atoms with van der Waals surface area (Å²) in [6.07, 6.45) is 0. The molecule has 0 bridgehead atoms. The Kier molecular flexibility index (Phi) is 2.60. The van der Waals surface area contributed by atoms with E-state index in [0.29, 0.717) is 0 Å². The zero-order chi connectivity index (χ0) is 19.3. The van der Waals surface area contributed by atoms with Crippen LogP contribution in [-0.4, -0.2) is 4.57 Å². The molecule has 2 aliphatic heterocycles. The molecule has 0 saturated heterocycles. The molecule has 0 N–H and O–H groups in total. The van der Waals surface area contributed by atoms with Gasteiger partial charge in [-0.1, -0.05) is 74.5 Å². The summed E-state index contributed by atoms with van der Waals surface area (Å²) >= 11 is 0. The predicted octanol–water partition coefficient (Wildman–Crippen LogP) is 7.21. The first kappa shape index (κ1) is 15.4. The van der Waals surface area contributed by atoms with Crippen molar-refractivity contribution in [1.82, 2.24) is 4.57 Å². The van der Waals surface area contributed by atoms with E-state index in [1.807, 2.05) is 0 Å². The van der Waals surface area contributed by atoms with Crippen LogP contribution in [0.3, 0.4) is 0 Å². The zero-order valence-electron chi connectivity index (χ0n) is 16.5. The summed E-state index contributed by atoms with van der Waals surface area (Å²) in [5.74, 6) is 0. The second-order valence-electron chi connectivity index (χ2n) is 8.68. The quantitative estimate of drug-likeness (QED) is 0.273. The fourth-order valence-electron chi connectivity index (χ4n) is 5.58. The van der Waals surface area contributed by atoms with Gasteiger partial charge in [0.05, 0.1) is 33.8 Å².